The smallest absolute Gasteiger partial charge is 0.230 e. The molecule has 1 aromatic carbocycles. The van der Waals surface area contributed by atoms with Gasteiger partial charge in [-0.1, -0.05) is 28.1 Å². The third kappa shape index (κ3) is 2.90. The summed E-state index contributed by atoms with van der Waals surface area (Å²) in [4.78, 5) is 15.3. The largest absolute Gasteiger partial charge is 0.368 e. The summed E-state index contributed by atoms with van der Waals surface area (Å²) < 4.78 is 0.994. The summed E-state index contributed by atoms with van der Waals surface area (Å²) in [6.07, 6.45) is 3.63. The molecule has 104 valence electrons. The van der Waals surface area contributed by atoms with Gasteiger partial charge in [0, 0.05) is 23.1 Å². The Kier molecular flexibility index (Phi) is 3.82. The van der Waals surface area contributed by atoms with Crippen molar-refractivity contribution in [3.05, 3.63) is 28.7 Å². The molecule has 20 heavy (non-hydrogen) atoms. The highest BCUT2D eigenvalue weighted by atomic mass is 79.9. The number of piperidine rings is 1. The summed E-state index contributed by atoms with van der Waals surface area (Å²) >= 11 is 3.46. The molecular formula is C14H16BrN5. The van der Waals surface area contributed by atoms with E-state index in [2.05, 4.69) is 35.8 Å². The quantitative estimate of drug-likeness (QED) is 0.915. The molecule has 5 nitrogen and oxygen atoms in total. The molecule has 0 atom stereocenters. The molecule has 0 saturated carbocycles. The lowest BCUT2D eigenvalue weighted by Crippen LogP contribution is -2.31. The highest BCUT2D eigenvalue weighted by Gasteiger charge is 2.16. The number of hydrogen-bond acceptors (Lipinski definition) is 5. The zero-order chi connectivity index (χ0) is 13.9. The molecule has 2 aromatic rings. The molecule has 1 aromatic heterocycles. The molecule has 1 aliphatic rings. The molecule has 6 heteroatoms. The lowest BCUT2D eigenvalue weighted by atomic mass is 10.1. The fraction of sp³-hybridized carbons (Fsp3) is 0.357. The van der Waals surface area contributed by atoms with E-state index in [4.69, 9.17) is 5.73 Å². The number of halogens is 1. The fourth-order valence-corrected chi connectivity index (χ4v) is 2.77. The van der Waals surface area contributed by atoms with Crippen LogP contribution in [0, 0.1) is 0 Å². The van der Waals surface area contributed by atoms with E-state index >= 15 is 0 Å². The molecule has 0 unspecified atom stereocenters. The Morgan fingerprint density at radius 3 is 2.60 bits per heavy atom. The number of anilines is 2. The van der Waals surface area contributed by atoms with Crippen molar-refractivity contribution in [1.82, 2.24) is 15.0 Å². The minimum atomic E-state index is 0.274. The van der Waals surface area contributed by atoms with Crippen molar-refractivity contribution >= 4 is 27.8 Å². The standard InChI is InChI=1S/C14H16BrN5/c15-11-6-4-5-10(9-11)12-17-13(16)19-14(18-12)20-7-2-1-3-8-20/h4-6,9H,1-3,7-8H2,(H2,16,17,18,19). The van der Waals surface area contributed by atoms with Gasteiger partial charge in [0.15, 0.2) is 5.82 Å². The summed E-state index contributed by atoms with van der Waals surface area (Å²) in [5.41, 5.74) is 6.78. The average molecular weight is 334 g/mol. The van der Waals surface area contributed by atoms with E-state index in [0.29, 0.717) is 11.8 Å². The highest BCUT2D eigenvalue weighted by molar-refractivity contribution is 9.10. The molecule has 1 fully saturated rings. The number of benzene rings is 1. The molecular weight excluding hydrogens is 318 g/mol. The Hall–Kier alpha value is -1.69. The second-order valence-electron chi connectivity index (χ2n) is 4.88. The Labute approximate surface area is 126 Å². The second kappa shape index (κ2) is 5.75. The van der Waals surface area contributed by atoms with Gasteiger partial charge in [-0.15, -0.1) is 0 Å². The number of nitrogens with zero attached hydrogens (tertiary/aromatic N) is 4. The molecule has 0 amide bonds. The van der Waals surface area contributed by atoms with Crippen LogP contribution >= 0.6 is 15.9 Å². The van der Waals surface area contributed by atoms with Crippen molar-refractivity contribution < 1.29 is 0 Å². The van der Waals surface area contributed by atoms with Crippen LogP contribution in [0.2, 0.25) is 0 Å². The van der Waals surface area contributed by atoms with Gasteiger partial charge < -0.3 is 10.6 Å². The first-order valence-electron chi connectivity index (χ1n) is 6.75. The maximum atomic E-state index is 5.84. The molecule has 0 spiro atoms. The van der Waals surface area contributed by atoms with E-state index in [1.807, 2.05) is 24.3 Å². The van der Waals surface area contributed by atoms with Gasteiger partial charge >= 0.3 is 0 Å². The zero-order valence-corrected chi connectivity index (χ0v) is 12.7. The summed E-state index contributed by atoms with van der Waals surface area (Å²) in [6.45, 7) is 1.97. The average Bonchev–Trinajstić information content (AvgIpc) is 2.47. The van der Waals surface area contributed by atoms with Crippen LogP contribution in [0.25, 0.3) is 11.4 Å². The first kappa shape index (κ1) is 13.3. The van der Waals surface area contributed by atoms with Crippen molar-refractivity contribution in [1.29, 1.82) is 0 Å². The Balaban J connectivity index is 1.97. The summed E-state index contributed by atoms with van der Waals surface area (Å²) in [7, 11) is 0. The zero-order valence-electron chi connectivity index (χ0n) is 11.1. The van der Waals surface area contributed by atoms with Crippen LogP contribution in [-0.4, -0.2) is 28.0 Å². The van der Waals surface area contributed by atoms with E-state index < -0.39 is 0 Å². The first-order chi connectivity index (χ1) is 9.72. The Bertz CT molecular complexity index is 610. The minimum absolute atomic E-state index is 0.274. The molecule has 2 heterocycles. The van der Waals surface area contributed by atoms with Gasteiger partial charge in [0.05, 0.1) is 0 Å². The number of hydrogen-bond donors (Lipinski definition) is 1. The summed E-state index contributed by atoms with van der Waals surface area (Å²) in [5, 5.41) is 0. The van der Waals surface area contributed by atoms with Crippen LogP contribution in [0.1, 0.15) is 19.3 Å². The van der Waals surface area contributed by atoms with E-state index in [-0.39, 0.29) is 5.95 Å². The van der Waals surface area contributed by atoms with Crippen molar-refractivity contribution in [2.24, 2.45) is 0 Å². The van der Waals surface area contributed by atoms with E-state index in [9.17, 15) is 0 Å². The summed E-state index contributed by atoms with van der Waals surface area (Å²) in [5.74, 6) is 1.59. The molecule has 0 aliphatic carbocycles. The topological polar surface area (TPSA) is 67.9 Å². The number of aromatic nitrogens is 3. The number of nitrogens with two attached hydrogens (primary N) is 1. The van der Waals surface area contributed by atoms with Crippen LogP contribution < -0.4 is 10.6 Å². The Morgan fingerprint density at radius 2 is 1.85 bits per heavy atom. The minimum Gasteiger partial charge on any atom is -0.368 e. The van der Waals surface area contributed by atoms with Crippen LogP contribution in [0.15, 0.2) is 28.7 Å². The van der Waals surface area contributed by atoms with E-state index in [0.717, 1.165) is 23.1 Å². The molecule has 2 N–H and O–H groups in total. The predicted octanol–water partition coefficient (Wildman–Crippen LogP) is 2.87. The van der Waals surface area contributed by atoms with Gasteiger partial charge in [-0.05, 0) is 31.4 Å². The van der Waals surface area contributed by atoms with Gasteiger partial charge in [0.1, 0.15) is 0 Å². The monoisotopic (exact) mass is 333 g/mol. The van der Waals surface area contributed by atoms with Gasteiger partial charge in [-0.25, -0.2) is 0 Å². The van der Waals surface area contributed by atoms with Crippen LogP contribution in [0.5, 0.6) is 0 Å². The Morgan fingerprint density at radius 1 is 1.05 bits per heavy atom. The molecule has 3 rings (SSSR count). The maximum Gasteiger partial charge on any atom is 0.230 e. The maximum absolute atomic E-state index is 5.84. The number of rotatable bonds is 2. The number of nitrogen functional groups attached to an aromatic ring is 1. The van der Waals surface area contributed by atoms with Gasteiger partial charge in [0.2, 0.25) is 11.9 Å². The fourth-order valence-electron chi connectivity index (χ4n) is 2.37. The SMILES string of the molecule is Nc1nc(-c2cccc(Br)c2)nc(N2CCCCC2)n1. The van der Waals surface area contributed by atoms with Crippen molar-refractivity contribution in [2.75, 3.05) is 23.7 Å². The van der Waals surface area contributed by atoms with Gasteiger partial charge in [-0.2, -0.15) is 15.0 Å². The summed E-state index contributed by atoms with van der Waals surface area (Å²) in [6, 6.07) is 7.88. The van der Waals surface area contributed by atoms with E-state index in [1.54, 1.807) is 0 Å². The predicted molar refractivity (Wildman–Crippen MR) is 83.4 cm³/mol. The van der Waals surface area contributed by atoms with Gasteiger partial charge in [-0.3, -0.25) is 0 Å². The molecule has 1 aliphatic heterocycles. The van der Waals surface area contributed by atoms with Gasteiger partial charge in [0.25, 0.3) is 0 Å². The van der Waals surface area contributed by atoms with Crippen molar-refractivity contribution in [3.8, 4) is 11.4 Å². The van der Waals surface area contributed by atoms with E-state index in [1.165, 1.54) is 19.3 Å². The van der Waals surface area contributed by atoms with Crippen LogP contribution in [0.3, 0.4) is 0 Å². The lowest BCUT2D eigenvalue weighted by Gasteiger charge is -2.26. The molecule has 0 radical (unpaired) electrons. The normalized spacial score (nSPS) is 15.3. The molecule has 1 saturated heterocycles. The van der Waals surface area contributed by atoms with Crippen LogP contribution in [-0.2, 0) is 0 Å². The third-order valence-electron chi connectivity index (χ3n) is 3.36. The van der Waals surface area contributed by atoms with Crippen molar-refractivity contribution in [3.63, 3.8) is 0 Å². The lowest BCUT2D eigenvalue weighted by molar-refractivity contribution is 0.568. The van der Waals surface area contributed by atoms with Crippen molar-refractivity contribution in [2.45, 2.75) is 19.3 Å². The van der Waals surface area contributed by atoms with Crippen LogP contribution in [0.4, 0.5) is 11.9 Å². The second-order valence-corrected chi connectivity index (χ2v) is 5.79. The highest BCUT2D eigenvalue weighted by Crippen LogP contribution is 2.23. The molecule has 0 bridgehead atoms. The third-order valence-corrected chi connectivity index (χ3v) is 3.86. The first-order valence-corrected chi connectivity index (χ1v) is 7.54.